The van der Waals surface area contributed by atoms with Crippen molar-refractivity contribution in [3.8, 4) is 11.5 Å². The smallest absolute Gasteiger partial charge is 0.234 e. The first-order valence-corrected chi connectivity index (χ1v) is 15.3. The van der Waals surface area contributed by atoms with Crippen molar-refractivity contribution in [3.63, 3.8) is 0 Å². The number of phenolic OH excluding ortho intramolecular Hbond substituents is 1. The van der Waals surface area contributed by atoms with Crippen LogP contribution in [0.2, 0.25) is 0 Å². The predicted molar refractivity (Wildman–Crippen MR) is 160 cm³/mol. The Labute approximate surface area is 247 Å². The van der Waals surface area contributed by atoms with Crippen LogP contribution in [0.5, 0.6) is 11.5 Å². The maximum absolute atomic E-state index is 13.4. The van der Waals surface area contributed by atoms with Gasteiger partial charge in [0.1, 0.15) is 0 Å². The summed E-state index contributed by atoms with van der Waals surface area (Å²) in [5, 5.41) is 33.9. The van der Waals surface area contributed by atoms with Gasteiger partial charge in [0.05, 0.1) is 41.8 Å². The molecule has 1 aromatic heterocycles. The SMILES string of the molecule is CCC/C(=C\c1cc(I)c(O)c(OC)c1)CC[C@@H](O)C1=C(C)C[C@H]2C(=O)N(Cc3cccs3)C(=O)[C@H]2[C@H]1CO. The highest BCUT2D eigenvalue weighted by Crippen LogP contribution is 2.46. The number of allylic oxidation sites excluding steroid dienone is 2. The van der Waals surface area contributed by atoms with Crippen LogP contribution >= 0.6 is 33.9 Å². The highest BCUT2D eigenvalue weighted by molar-refractivity contribution is 14.1. The fraction of sp³-hybridized carbons (Fsp3) is 0.467. The zero-order valence-electron chi connectivity index (χ0n) is 22.5. The molecule has 7 nitrogen and oxygen atoms in total. The number of nitrogens with zero attached hydrogens (tertiary/aromatic N) is 1. The number of aliphatic hydroxyl groups is 2. The van der Waals surface area contributed by atoms with Crippen LogP contribution in [0.25, 0.3) is 6.08 Å². The summed E-state index contributed by atoms with van der Waals surface area (Å²) in [4.78, 5) is 28.9. The lowest BCUT2D eigenvalue weighted by Gasteiger charge is -2.35. The molecule has 4 rings (SSSR count). The lowest BCUT2D eigenvalue weighted by atomic mass is 9.68. The molecule has 210 valence electrons. The number of amides is 2. The highest BCUT2D eigenvalue weighted by Gasteiger charge is 2.54. The molecule has 1 aromatic carbocycles. The van der Waals surface area contributed by atoms with E-state index in [-0.39, 0.29) is 30.7 Å². The maximum atomic E-state index is 13.4. The third-order valence-electron chi connectivity index (χ3n) is 7.82. The molecule has 2 amide bonds. The number of hydrogen-bond acceptors (Lipinski definition) is 7. The number of phenols is 1. The Bertz CT molecular complexity index is 1270. The van der Waals surface area contributed by atoms with E-state index < -0.39 is 23.9 Å². The minimum absolute atomic E-state index is 0.115. The fourth-order valence-corrected chi connectivity index (χ4v) is 7.35. The number of thiophene rings is 1. The zero-order chi connectivity index (χ0) is 28.3. The number of aliphatic hydroxyl groups excluding tert-OH is 2. The molecule has 1 fully saturated rings. The normalized spacial score (nSPS) is 22.5. The predicted octanol–water partition coefficient (Wildman–Crippen LogP) is 5.52. The number of ether oxygens (including phenoxy) is 1. The molecular weight excluding hydrogens is 629 g/mol. The Morgan fingerprint density at radius 1 is 1.28 bits per heavy atom. The number of fused-ring (bicyclic) bond motifs is 1. The maximum Gasteiger partial charge on any atom is 0.234 e. The van der Waals surface area contributed by atoms with Crippen molar-refractivity contribution in [2.45, 2.75) is 58.6 Å². The number of halogens is 1. The molecule has 0 unspecified atom stereocenters. The van der Waals surface area contributed by atoms with Crippen LogP contribution in [0.4, 0.5) is 0 Å². The summed E-state index contributed by atoms with van der Waals surface area (Å²) in [6, 6.07) is 7.50. The van der Waals surface area contributed by atoms with E-state index in [1.165, 1.54) is 23.3 Å². The van der Waals surface area contributed by atoms with Crippen molar-refractivity contribution in [2.24, 2.45) is 17.8 Å². The first-order chi connectivity index (χ1) is 18.7. The van der Waals surface area contributed by atoms with Gasteiger partial charge >= 0.3 is 0 Å². The lowest BCUT2D eigenvalue weighted by molar-refractivity contribution is -0.140. The fourth-order valence-electron chi connectivity index (χ4n) is 6.03. The molecule has 2 aromatic rings. The van der Waals surface area contributed by atoms with Crippen molar-refractivity contribution in [3.05, 3.63) is 60.4 Å². The Balaban J connectivity index is 1.52. The van der Waals surface area contributed by atoms with E-state index in [0.29, 0.717) is 34.2 Å². The summed E-state index contributed by atoms with van der Waals surface area (Å²) in [5.41, 5.74) is 3.66. The number of carbonyl (C=O) groups excluding carboxylic acids is 2. The number of rotatable bonds is 11. The van der Waals surface area contributed by atoms with E-state index in [0.717, 1.165) is 34.4 Å². The number of carbonyl (C=O) groups is 2. The number of methoxy groups -OCH3 is 1. The van der Waals surface area contributed by atoms with Crippen LogP contribution in [-0.2, 0) is 16.1 Å². The third-order valence-corrected chi connectivity index (χ3v) is 9.50. The number of hydrogen-bond donors (Lipinski definition) is 3. The van der Waals surface area contributed by atoms with E-state index in [2.05, 4.69) is 35.6 Å². The summed E-state index contributed by atoms with van der Waals surface area (Å²) in [6.45, 7) is 3.97. The number of benzene rings is 1. The van der Waals surface area contributed by atoms with E-state index in [4.69, 9.17) is 4.74 Å². The molecule has 0 saturated carbocycles. The Kier molecular flexibility index (Phi) is 9.90. The van der Waals surface area contributed by atoms with Crippen molar-refractivity contribution < 1.29 is 29.6 Å². The first-order valence-electron chi connectivity index (χ1n) is 13.3. The van der Waals surface area contributed by atoms with Gasteiger partial charge in [0, 0.05) is 10.8 Å². The van der Waals surface area contributed by atoms with Gasteiger partial charge in [-0.25, -0.2) is 0 Å². The van der Waals surface area contributed by atoms with E-state index >= 15 is 0 Å². The summed E-state index contributed by atoms with van der Waals surface area (Å²) in [5.74, 6) is -1.62. The van der Waals surface area contributed by atoms with Crippen molar-refractivity contribution in [1.29, 1.82) is 0 Å². The van der Waals surface area contributed by atoms with Crippen LogP contribution in [-0.4, -0.2) is 51.9 Å². The Morgan fingerprint density at radius 3 is 2.69 bits per heavy atom. The molecular formula is C30H36INO6S. The van der Waals surface area contributed by atoms with Crippen molar-refractivity contribution in [1.82, 2.24) is 4.90 Å². The second kappa shape index (κ2) is 13.0. The second-order valence-electron chi connectivity index (χ2n) is 10.4. The average Bonchev–Trinajstić information content (AvgIpc) is 3.51. The third kappa shape index (κ3) is 6.26. The van der Waals surface area contributed by atoms with Crippen LogP contribution in [0.3, 0.4) is 0 Å². The standard InChI is InChI=1S/C30H36INO6S/c1-4-6-18(12-19-13-23(31)28(35)25(14-19)38-3)8-9-24(34)26-17(2)11-21-27(22(26)16-33)30(37)32(29(21)36)15-20-7-5-10-39-20/h5,7,10,12-14,21-22,24,27,33-35H,4,6,8-9,11,15-16H2,1-3H3/b18-12+/t21-,22+,24-,27-/m1/s1. The second-order valence-corrected chi connectivity index (χ2v) is 12.6. The molecule has 1 aliphatic heterocycles. The molecule has 3 N–H and O–H groups in total. The summed E-state index contributed by atoms with van der Waals surface area (Å²) in [7, 11) is 1.52. The first kappa shape index (κ1) is 29.8. The zero-order valence-corrected chi connectivity index (χ0v) is 25.5. The largest absolute Gasteiger partial charge is 0.504 e. The molecule has 9 heteroatoms. The van der Waals surface area contributed by atoms with Crippen LogP contribution in [0.1, 0.15) is 56.4 Å². The van der Waals surface area contributed by atoms with Gasteiger partial charge in [-0.1, -0.05) is 36.6 Å². The average molecular weight is 666 g/mol. The van der Waals surface area contributed by atoms with Gasteiger partial charge in [0.15, 0.2) is 11.5 Å². The monoisotopic (exact) mass is 665 g/mol. The van der Waals surface area contributed by atoms with Gasteiger partial charge in [0.25, 0.3) is 0 Å². The number of aromatic hydroxyl groups is 1. The highest BCUT2D eigenvalue weighted by atomic mass is 127. The molecule has 0 spiro atoms. The molecule has 1 saturated heterocycles. The van der Waals surface area contributed by atoms with Gasteiger partial charge in [-0.05, 0) is 89.9 Å². The van der Waals surface area contributed by atoms with Gasteiger partial charge in [-0.2, -0.15) is 0 Å². The van der Waals surface area contributed by atoms with Crippen molar-refractivity contribution in [2.75, 3.05) is 13.7 Å². The number of likely N-dealkylation sites (tertiary alicyclic amines) is 1. The van der Waals surface area contributed by atoms with Gasteiger partial charge in [-0.15, -0.1) is 11.3 Å². The minimum Gasteiger partial charge on any atom is -0.504 e. The van der Waals surface area contributed by atoms with Crippen LogP contribution in [0.15, 0.2) is 46.4 Å². The topological polar surface area (TPSA) is 107 Å². The summed E-state index contributed by atoms with van der Waals surface area (Å²) in [6.07, 6.45) is 4.53. The molecule has 0 radical (unpaired) electrons. The molecule has 2 heterocycles. The molecule has 2 aliphatic rings. The van der Waals surface area contributed by atoms with Crippen LogP contribution < -0.4 is 4.74 Å². The minimum atomic E-state index is -0.827. The van der Waals surface area contributed by atoms with Gasteiger partial charge < -0.3 is 20.1 Å². The lowest BCUT2D eigenvalue weighted by Crippen LogP contribution is -2.38. The van der Waals surface area contributed by atoms with E-state index in [9.17, 15) is 24.9 Å². The van der Waals surface area contributed by atoms with Gasteiger partial charge in [0.2, 0.25) is 11.8 Å². The Hall–Kier alpha value is -2.21. The molecule has 1 aliphatic carbocycles. The van der Waals surface area contributed by atoms with E-state index in [1.807, 2.05) is 30.5 Å². The molecule has 0 bridgehead atoms. The Morgan fingerprint density at radius 2 is 2.05 bits per heavy atom. The molecule has 39 heavy (non-hydrogen) atoms. The van der Waals surface area contributed by atoms with Crippen LogP contribution in [0, 0.1) is 21.3 Å². The van der Waals surface area contributed by atoms with Crippen molar-refractivity contribution >= 4 is 51.8 Å². The molecule has 4 atom stereocenters. The quantitative estimate of drug-likeness (QED) is 0.166. The summed E-state index contributed by atoms with van der Waals surface area (Å²) < 4.78 is 6.00. The van der Waals surface area contributed by atoms with Gasteiger partial charge in [-0.3, -0.25) is 14.5 Å². The number of imide groups is 1. The summed E-state index contributed by atoms with van der Waals surface area (Å²) >= 11 is 3.58. The van der Waals surface area contributed by atoms with E-state index in [1.54, 1.807) is 6.07 Å².